The van der Waals surface area contributed by atoms with Crippen LogP contribution < -0.4 is 23.7 Å². The van der Waals surface area contributed by atoms with Crippen LogP contribution in [-0.4, -0.2) is 38.1 Å². The molecule has 2 aromatic rings. The second-order valence-corrected chi connectivity index (χ2v) is 8.25. The molecule has 0 aromatic heterocycles. The second-order valence-electron chi connectivity index (χ2n) is 8.25. The van der Waals surface area contributed by atoms with E-state index in [1.54, 1.807) is 14.2 Å². The smallest absolute Gasteiger partial charge is 0.164 e. The first-order valence-corrected chi connectivity index (χ1v) is 10.1. The summed E-state index contributed by atoms with van der Waals surface area (Å²) in [7, 11) is 3.20. The molecule has 29 heavy (non-hydrogen) atoms. The molecule has 2 aromatic carbocycles. The first-order chi connectivity index (χ1) is 14.0. The molecule has 6 nitrogen and oxygen atoms in total. The lowest BCUT2D eigenvalue weighted by atomic mass is 9.80. The molecule has 3 aliphatic rings. The minimum atomic E-state index is -0.701. The zero-order chi connectivity index (χ0) is 20.3. The van der Waals surface area contributed by atoms with E-state index < -0.39 is 6.10 Å². The van der Waals surface area contributed by atoms with E-state index in [1.165, 1.54) is 0 Å². The van der Waals surface area contributed by atoms with E-state index >= 15 is 0 Å². The van der Waals surface area contributed by atoms with E-state index in [1.807, 2.05) is 24.3 Å². The summed E-state index contributed by atoms with van der Waals surface area (Å²) in [5, 5.41) is 11.4. The zero-order valence-corrected chi connectivity index (χ0v) is 17.1. The molecule has 0 aliphatic carbocycles. The van der Waals surface area contributed by atoms with Gasteiger partial charge in [-0.05, 0) is 24.1 Å². The maximum Gasteiger partial charge on any atom is 0.164 e. The van der Waals surface area contributed by atoms with Crippen molar-refractivity contribution in [2.24, 2.45) is 5.92 Å². The van der Waals surface area contributed by atoms with Gasteiger partial charge in [-0.1, -0.05) is 13.8 Å². The molecule has 3 heterocycles. The molecule has 0 amide bonds. The van der Waals surface area contributed by atoms with Crippen LogP contribution >= 0.6 is 0 Å². The molecule has 0 saturated heterocycles. The highest BCUT2D eigenvalue weighted by atomic mass is 16.5. The van der Waals surface area contributed by atoms with Crippen molar-refractivity contribution in [3.8, 4) is 28.7 Å². The van der Waals surface area contributed by atoms with Crippen molar-refractivity contribution in [1.29, 1.82) is 0 Å². The minimum absolute atomic E-state index is 0.134. The number of aliphatic hydroxyl groups is 1. The van der Waals surface area contributed by atoms with Crippen molar-refractivity contribution in [3.05, 3.63) is 41.0 Å². The fourth-order valence-electron chi connectivity index (χ4n) is 4.64. The summed E-state index contributed by atoms with van der Waals surface area (Å²) in [5.41, 5.74) is 2.73. The molecule has 6 heteroatoms. The van der Waals surface area contributed by atoms with Crippen LogP contribution in [0.3, 0.4) is 0 Å². The van der Waals surface area contributed by atoms with Crippen molar-refractivity contribution in [1.82, 2.24) is 0 Å². The molecule has 4 atom stereocenters. The highest BCUT2D eigenvalue weighted by Gasteiger charge is 2.45. The van der Waals surface area contributed by atoms with Crippen molar-refractivity contribution in [2.75, 3.05) is 20.8 Å². The molecular formula is C23H26O6. The predicted octanol–water partition coefficient (Wildman–Crippen LogP) is 3.63. The predicted molar refractivity (Wildman–Crippen MR) is 107 cm³/mol. The third kappa shape index (κ3) is 2.73. The Hall–Kier alpha value is -2.60. The molecule has 0 bridgehead atoms. The largest absolute Gasteiger partial charge is 0.493 e. The summed E-state index contributed by atoms with van der Waals surface area (Å²) in [6.45, 7) is 4.67. The summed E-state index contributed by atoms with van der Waals surface area (Å²) in [6.07, 6.45) is -0.0569. The van der Waals surface area contributed by atoms with Crippen molar-refractivity contribution >= 4 is 0 Å². The number of benzene rings is 2. The van der Waals surface area contributed by atoms with E-state index in [4.69, 9.17) is 23.7 Å². The number of hydrogen-bond donors (Lipinski definition) is 1. The Kier molecular flexibility index (Phi) is 4.28. The first kappa shape index (κ1) is 18.4. The number of rotatable bonds is 3. The molecule has 0 spiro atoms. The molecule has 0 saturated carbocycles. The average molecular weight is 398 g/mol. The van der Waals surface area contributed by atoms with Crippen LogP contribution in [0.5, 0.6) is 28.7 Å². The number of aliphatic hydroxyl groups excluding tert-OH is 1. The summed E-state index contributed by atoms with van der Waals surface area (Å²) in [6, 6.07) is 7.58. The number of fused-ring (bicyclic) bond motifs is 6. The molecule has 154 valence electrons. The Balaban J connectivity index is 1.56. The van der Waals surface area contributed by atoms with Gasteiger partial charge in [0.15, 0.2) is 11.5 Å². The van der Waals surface area contributed by atoms with Gasteiger partial charge < -0.3 is 28.8 Å². The topological polar surface area (TPSA) is 66.4 Å². The maximum absolute atomic E-state index is 11.4. The van der Waals surface area contributed by atoms with Crippen LogP contribution in [0.4, 0.5) is 0 Å². The second kappa shape index (κ2) is 6.73. The molecular weight excluding hydrogens is 372 g/mol. The van der Waals surface area contributed by atoms with Gasteiger partial charge in [-0.15, -0.1) is 0 Å². The number of methoxy groups -OCH3 is 2. The maximum atomic E-state index is 11.4. The normalized spacial score (nSPS) is 26.3. The lowest BCUT2D eigenvalue weighted by Gasteiger charge is -2.41. The van der Waals surface area contributed by atoms with E-state index in [2.05, 4.69) is 13.8 Å². The molecule has 5 rings (SSSR count). The third-order valence-corrected chi connectivity index (χ3v) is 6.28. The van der Waals surface area contributed by atoms with Gasteiger partial charge in [-0.25, -0.2) is 0 Å². The van der Waals surface area contributed by atoms with Crippen LogP contribution in [0.15, 0.2) is 24.3 Å². The van der Waals surface area contributed by atoms with Gasteiger partial charge in [0, 0.05) is 29.2 Å². The van der Waals surface area contributed by atoms with Crippen molar-refractivity contribution in [3.63, 3.8) is 0 Å². The fourth-order valence-corrected chi connectivity index (χ4v) is 4.64. The number of hydrogen-bond acceptors (Lipinski definition) is 6. The molecule has 3 aliphatic heterocycles. The Labute approximate surface area is 170 Å². The van der Waals surface area contributed by atoms with Crippen molar-refractivity contribution in [2.45, 2.75) is 44.5 Å². The average Bonchev–Trinajstić information content (AvgIpc) is 3.17. The van der Waals surface area contributed by atoms with Crippen LogP contribution in [0.1, 0.15) is 42.6 Å². The lowest BCUT2D eigenvalue weighted by molar-refractivity contribution is 0.000779. The van der Waals surface area contributed by atoms with Crippen LogP contribution in [-0.2, 0) is 6.42 Å². The van der Waals surface area contributed by atoms with Crippen LogP contribution in [0.25, 0.3) is 0 Å². The van der Waals surface area contributed by atoms with Gasteiger partial charge in [0.1, 0.15) is 36.1 Å². The molecule has 0 radical (unpaired) electrons. The number of ether oxygens (including phenoxy) is 5. The quantitative estimate of drug-likeness (QED) is 0.852. The minimum Gasteiger partial charge on any atom is -0.493 e. The van der Waals surface area contributed by atoms with Crippen molar-refractivity contribution < 1.29 is 28.8 Å². The van der Waals surface area contributed by atoms with Gasteiger partial charge in [-0.2, -0.15) is 0 Å². The van der Waals surface area contributed by atoms with Gasteiger partial charge in [0.05, 0.1) is 26.2 Å². The van der Waals surface area contributed by atoms with Gasteiger partial charge >= 0.3 is 0 Å². The highest BCUT2D eigenvalue weighted by molar-refractivity contribution is 5.58. The van der Waals surface area contributed by atoms with Gasteiger partial charge in [0.2, 0.25) is 0 Å². The van der Waals surface area contributed by atoms with Crippen LogP contribution in [0, 0.1) is 5.92 Å². The summed E-state index contributed by atoms with van der Waals surface area (Å²) in [5.74, 6) is 3.68. The highest BCUT2D eigenvalue weighted by Crippen LogP contribution is 2.53. The Morgan fingerprint density at radius 3 is 2.48 bits per heavy atom. The first-order valence-electron chi connectivity index (χ1n) is 10.1. The van der Waals surface area contributed by atoms with Crippen LogP contribution in [0.2, 0.25) is 0 Å². The standard InChI is InChI=1S/C23H26O6/c1-11(2)16-8-14-15(28-16)6-5-12-22(24)21-13-7-18(25-3)19(26-4)9-17(13)27-10-20(21)29-23(12)14/h5-7,9,11,16,20-22,24H,8,10H2,1-4H3/t16-,20-,21+,22+/m1/s1. The van der Waals surface area contributed by atoms with E-state index in [9.17, 15) is 5.11 Å². The van der Waals surface area contributed by atoms with Gasteiger partial charge in [-0.3, -0.25) is 0 Å². The molecule has 0 fully saturated rings. The summed E-state index contributed by atoms with van der Waals surface area (Å²) < 4.78 is 29.3. The lowest BCUT2D eigenvalue weighted by Crippen LogP contribution is -2.42. The van der Waals surface area contributed by atoms with E-state index in [-0.39, 0.29) is 18.1 Å². The van der Waals surface area contributed by atoms with Gasteiger partial charge in [0.25, 0.3) is 0 Å². The Morgan fingerprint density at radius 1 is 1.00 bits per heavy atom. The fraction of sp³-hybridized carbons (Fsp3) is 0.478. The summed E-state index contributed by atoms with van der Waals surface area (Å²) in [4.78, 5) is 0. The zero-order valence-electron chi connectivity index (χ0n) is 17.1. The molecule has 1 N–H and O–H groups in total. The SMILES string of the molecule is COc1cc2c(cc1OC)[C@H]1[C@@H](CO2)Oc2c(ccc3c2C[C@H](C(C)C)O3)[C@@H]1O. The Morgan fingerprint density at radius 2 is 1.76 bits per heavy atom. The monoisotopic (exact) mass is 398 g/mol. The Bertz CT molecular complexity index is 953. The van der Waals surface area contributed by atoms with E-state index in [0.717, 1.165) is 34.6 Å². The molecule has 0 unspecified atom stereocenters. The third-order valence-electron chi connectivity index (χ3n) is 6.28. The van der Waals surface area contributed by atoms with E-state index in [0.29, 0.717) is 29.8 Å². The summed E-state index contributed by atoms with van der Waals surface area (Å²) >= 11 is 0.